The third-order valence-corrected chi connectivity index (χ3v) is 13.2. The van der Waals surface area contributed by atoms with E-state index in [0.29, 0.717) is 0 Å². The van der Waals surface area contributed by atoms with Gasteiger partial charge < -0.3 is 4.57 Å². The Hall–Kier alpha value is -8.66. The molecule has 0 spiro atoms. The molecule has 65 heavy (non-hydrogen) atoms. The van der Waals surface area contributed by atoms with E-state index in [-0.39, 0.29) is 0 Å². The van der Waals surface area contributed by atoms with Gasteiger partial charge in [-0.05, 0) is 102 Å². The molecule has 0 amide bonds. The van der Waals surface area contributed by atoms with Crippen LogP contribution in [0.3, 0.4) is 0 Å². The van der Waals surface area contributed by atoms with E-state index in [2.05, 4.69) is 235 Å². The minimum absolute atomic E-state index is 0.863. The summed E-state index contributed by atoms with van der Waals surface area (Å²) in [5.74, 6) is 0. The summed E-state index contributed by atoms with van der Waals surface area (Å²) in [4.78, 5) is 10.3. The zero-order valence-corrected chi connectivity index (χ0v) is 35.4. The minimum Gasteiger partial charge on any atom is -0.309 e. The highest BCUT2D eigenvalue weighted by Gasteiger charge is 2.15. The summed E-state index contributed by atoms with van der Waals surface area (Å²) in [6, 6.07) is 83.3. The lowest BCUT2D eigenvalue weighted by Gasteiger charge is -2.12. The maximum Gasteiger partial charge on any atom is 0.0979 e. The Morgan fingerprint density at radius 3 is 1.45 bits per heavy atom. The molecule has 2 heterocycles. The standard InChI is InChI=1S/C62H39N3/c1-2-11-46-36-48(29-28-40(46)10-1)44-24-26-45(27-25-44)49-32-35-55-54-16-7-8-19-59(54)65(60(55)38-49)51-33-30-42(31-34-51)41-20-22-43(23-21-41)47-12-9-13-50(37-47)58-39-63-61-56-17-5-3-14-52(56)53-15-4-6-18-57(53)62(61)64-58/h1-39H. The van der Waals surface area contributed by atoms with Gasteiger partial charge in [0.05, 0.1) is 34.0 Å². The van der Waals surface area contributed by atoms with Gasteiger partial charge in [0.2, 0.25) is 0 Å². The van der Waals surface area contributed by atoms with Gasteiger partial charge in [-0.3, -0.25) is 4.98 Å². The van der Waals surface area contributed by atoms with Crippen LogP contribution in [0.25, 0.3) is 127 Å². The molecular weight excluding hydrogens is 787 g/mol. The van der Waals surface area contributed by atoms with Crippen molar-refractivity contribution in [2.24, 2.45) is 0 Å². The van der Waals surface area contributed by atoms with Crippen molar-refractivity contribution in [1.82, 2.24) is 14.5 Å². The average Bonchev–Trinajstić information content (AvgIpc) is 3.72. The monoisotopic (exact) mass is 825 g/mol. The first-order chi connectivity index (χ1) is 32.2. The molecule has 3 nitrogen and oxygen atoms in total. The van der Waals surface area contributed by atoms with Crippen LogP contribution in [0.5, 0.6) is 0 Å². The van der Waals surface area contributed by atoms with Crippen LogP contribution in [0.1, 0.15) is 0 Å². The van der Waals surface area contributed by atoms with Crippen LogP contribution in [0.2, 0.25) is 0 Å². The Morgan fingerprint density at radius 1 is 0.277 bits per heavy atom. The van der Waals surface area contributed by atoms with E-state index in [0.717, 1.165) is 49.9 Å². The molecule has 13 aromatic rings. The zero-order valence-electron chi connectivity index (χ0n) is 35.4. The number of hydrogen-bond acceptors (Lipinski definition) is 2. The maximum atomic E-state index is 5.24. The molecule has 0 N–H and O–H groups in total. The molecule has 302 valence electrons. The fourth-order valence-corrected chi connectivity index (χ4v) is 9.93. The summed E-state index contributed by atoms with van der Waals surface area (Å²) < 4.78 is 2.40. The van der Waals surface area contributed by atoms with Gasteiger partial charge in [-0.2, -0.15) is 0 Å². The smallest absolute Gasteiger partial charge is 0.0979 e. The third kappa shape index (κ3) is 6.28. The van der Waals surface area contributed by atoms with E-state index in [4.69, 9.17) is 9.97 Å². The summed E-state index contributed by atoms with van der Waals surface area (Å²) in [5, 5.41) is 9.66. The molecule has 11 aromatic carbocycles. The second-order valence-corrected chi connectivity index (χ2v) is 17.0. The van der Waals surface area contributed by atoms with E-state index in [1.807, 2.05) is 6.20 Å². The number of fused-ring (bicyclic) bond motifs is 10. The molecule has 0 aliphatic carbocycles. The Morgan fingerprint density at radius 2 is 0.754 bits per heavy atom. The number of hydrogen-bond donors (Lipinski definition) is 0. The van der Waals surface area contributed by atoms with Crippen LogP contribution in [-0.2, 0) is 0 Å². The Balaban J connectivity index is 0.795. The largest absolute Gasteiger partial charge is 0.309 e. The van der Waals surface area contributed by atoms with Gasteiger partial charge >= 0.3 is 0 Å². The Bertz CT molecular complexity index is 3940. The predicted molar refractivity (Wildman–Crippen MR) is 274 cm³/mol. The Labute approximate surface area is 376 Å². The first-order valence-electron chi connectivity index (χ1n) is 22.2. The maximum absolute atomic E-state index is 5.24. The number of para-hydroxylation sites is 1. The van der Waals surface area contributed by atoms with E-state index >= 15 is 0 Å². The highest BCUT2D eigenvalue weighted by Crippen LogP contribution is 2.38. The normalized spacial score (nSPS) is 11.7. The number of rotatable bonds is 6. The molecule has 0 atom stereocenters. The molecule has 0 saturated heterocycles. The van der Waals surface area contributed by atoms with Gasteiger partial charge in [0.25, 0.3) is 0 Å². The third-order valence-electron chi connectivity index (χ3n) is 13.2. The second kappa shape index (κ2) is 15.0. The van der Waals surface area contributed by atoms with Crippen LogP contribution in [-0.4, -0.2) is 14.5 Å². The molecule has 0 aliphatic rings. The first-order valence-corrected chi connectivity index (χ1v) is 22.2. The molecular formula is C62H39N3. The Kier molecular flexibility index (Phi) is 8.53. The highest BCUT2D eigenvalue weighted by atomic mass is 15.0. The van der Waals surface area contributed by atoms with Crippen LogP contribution < -0.4 is 0 Å². The van der Waals surface area contributed by atoms with E-state index in [9.17, 15) is 0 Å². The van der Waals surface area contributed by atoms with Crippen LogP contribution in [0.15, 0.2) is 237 Å². The van der Waals surface area contributed by atoms with Gasteiger partial charge in [0.1, 0.15) is 0 Å². The lowest BCUT2D eigenvalue weighted by Crippen LogP contribution is -1.94. The summed E-state index contributed by atoms with van der Waals surface area (Å²) in [5.41, 5.74) is 16.8. The number of aromatic nitrogens is 3. The second-order valence-electron chi connectivity index (χ2n) is 17.0. The van der Waals surface area contributed by atoms with Crippen molar-refractivity contribution in [3.05, 3.63) is 237 Å². The van der Waals surface area contributed by atoms with Gasteiger partial charge in [0, 0.05) is 32.8 Å². The summed E-state index contributed by atoms with van der Waals surface area (Å²) in [6.07, 6.45) is 1.92. The molecule has 0 radical (unpaired) electrons. The van der Waals surface area contributed by atoms with Crippen LogP contribution >= 0.6 is 0 Å². The summed E-state index contributed by atoms with van der Waals surface area (Å²) in [7, 11) is 0. The van der Waals surface area contributed by atoms with Crippen LogP contribution in [0.4, 0.5) is 0 Å². The molecule has 0 fully saturated rings. The van der Waals surface area contributed by atoms with Crippen molar-refractivity contribution in [3.8, 4) is 61.5 Å². The van der Waals surface area contributed by atoms with Gasteiger partial charge in [-0.25, -0.2) is 4.98 Å². The van der Waals surface area contributed by atoms with Crippen molar-refractivity contribution in [2.45, 2.75) is 0 Å². The van der Waals surface area contributed by atoms with Crippen molar-refractivity contribution >= 4 is 65.2 Å². The molecule has 0 bridgehead atoms. The lowest BCUT2D eigenvalue weighted by molar-refractivity contribution is 1.18. The van der Waals surface area contributed by atoms with Crippen molar-refractivity contribution < 1.29 is 0 Å². The molecule has 3 heteroatoms. The molecule has 0 aliphatic heterocycles. The van der Waals surface area contributed by atoms with Crippen molar-refractivity contribution in [2.75, 3.05) is 0 Å². The number of nitrogens with zero attached hydrogens (tertiary/aromatic N) is 3. The zero-order chi connectivity index (χ0) is 42.8. The summed E-state index contributed by atoms with van der Waals surface area (Å²) in [6.45, 7) is 0. The highest BCUT2D eigenvalue weighted by molar-refractivity contribution is 6.23. The van der Waals surface area contributed by atoms with E-state index in [1.165, 1.54) is 76.7 Å². The van der Waals surface area contributed by atoms with E-state index in [1.54, 1.807) is 0 Å². The fraction of sp³-hybridized carbons (Fsp3) is 0. The molecule has 2 aromatic heterocycles. The van der Waals surface area contributed by atoms with Crippen molar-refractivity contribution in [1.29, 1.82) is 0 Å². The molecule has 0 unspecified atom stereocenters. The van der Waals surface area contributed by atoms with Crippen molar-refractivity contribution in [3.63, 3.8) is 0 Å². The molecule has 13 rings (SSSR count). The minimum atomic E-state index is 0.863. The number of benzene rings is 11. The first kappa shape index (κ1) is 36.9. The van der Waals surface area contributed by atoms with E-state index < -0.39 is 0 Å². The predicted octanol–water partition coefficient (Wildman–Crippen LogP) is 16.5. The average molecular weight is 826 g/mol. The fourth-order valence-electron chi connectivity index (χ4n) is 9.93. The van der Waals surface area contributed by atoms with Crippen LogP contribution in [0, 0.1) is 0 Å². The quantitative estimate of drug-likeness (QED) is 0.156. The SMILES string of the molecule is c1cc(-c2ccc(-c3ccc(-n4c5ccccc5c5ccc(-c6ccc(-c7ccc8ccccc8c7)cc6)cc54)cc3)cc2)cc(-c2cnc3c4ccccc4c4ccccc4c3n2)c1. The lowest BCUT2D eigenvalue weighted by atomic mass is 9.97. The summed E-state index contributed by atoms with van der Waals surface area (Å²) >= 11 is 0. The van der Waals surface area contributed by atoms with Gasteiger partial charge in [-0.1, -0.05) is 194 Å². The topological polar surface area (TPSA) is 30.7 Å². The van der Waals surface area contributed by atoms with Gasteiger partial charge in [-0.15, -0.1) is 0 Å². The molecule has 0 saturated carbocycles. The van der Waals surface area contributed by atoms with Gasteiger partial charge in [0.15, 0.2) is 0 Å².